The van der Waals surface area contributed by atoms with Gasteiger partial charge >= 0.3 is 0 Å². The van der Waals surface area contributed by atoms with E-state index in [1.807, 2.05) is 13.0 Å². The molecule has 1 aliphatic carbocycles. The molecule has 9 heteroatoms. The third-order valence-electron chi connectivity index (χ3n) is 4.96. The van der Waals surface area contributed by atoms with Gasteiger partial charge in [-0.05, 0) is 37.1 Å². The summed E-state index contributed by atoms with van der Waals surface area (Å²) in [7, 11) is 1.72. The second kappa shape index (κ2) is 7.67. The van der Waals surface area contributed by atoms with E-state index in [-0.39, 0.29) is 17.4 Å². The van der Waals surface area contributed by atoms with E-state index in [0.29, 0.717) is 40.5 Å². The highest BCUT2D eigenvalue weighted by molar-refractivity contribution is 5.94. The lowest BCUT2D eigenvalue weighted by Gasteiger charge is -2.12. The zero-order valence-corrected chi connectivity index (χ0v) is 16.6. The Morgan fingerprint density at radius 3 is 2.97 bits per heavy atom. The number of nitriles is 1. The number of anilines is 1. The number of nitrogens with one attached hydrogen (secondary N) is 1. The van der Waals surface area contributed by atoms with Gasteiger partial charge in [-0.3, -0.25) is 4.79 Å². The Morgan fingerprint density at radius 1 is 1.43 bits per heavy atom. The van der Waals surface area contributed by atoms with Crippen molar-refractivity contribution in [3.63, 3.8) is 0 Å². The fraction of sp³-hybridized carbons (Fsp3) is 0.190. The third kappa shape index (κ3) is 3.24. The van der Waals surface area contributed by atoms with Gasteiger partial charge in [0.05, 0.1) is 29.0 Å². The van der Waals surface area contributed by atoms with E-state index >= 15 is 0 Å². The van der Waals surface area contributed by atoms with Gasteiger partial charge in [0.15, 0.2) is 5.69 Å². The molecule has 0 aromatic carbocycles. The number of rotatable bonds is 2. The Bertz CT molecular complexity index is 1330. The van der Waals surface area contributed by atoms with Crippen LogP contribution in [0.4, 0.5) is 5.82 Å². The molecule has 3 N–H and O–H groups in total. The van der Waals surface area contributed by atoms with Crippen LogP contribution in [-0.4, -0.2) is 45.3 Å². The maximum Gasteiger partial charge on any atom is 0.274 e. The number of aliphatic imine (C=N–C) groups is 1. The van der Waals surface area contributed by atoms with Crippen molar-refractivity contribution in [3.05, 3.63) is 58.5 Å². The molecule has 2 aromatic heterocycles. The van der Waals surface area contributed by atoms with Gasteiger partial charge in [-0.15, -0.1) is 0 Å². The number of aromatic nitrogens is 3. The molecule has 0 unspecified atom stereocenters. The van der Waals surface area contributed by atoms with Crippen LogP contribution < -0.4 is 21.7 Å². The molecule has 2 aromatic rings. The number of hydrogen-bond donors (Lipinski definition) is 2. The second-order valence-corrected chi connectivity index (χ2v) is 6.84. The van der Waals surface area contributed by atoms with Gasteiger partial charge in [-0.25, -0.2) is 14.5 Å². The highest BCUT2D eigenvalue weighted by Crippen LogP contribution is 2.16. The molecule has 0 atom stereocenters. The number of nitrogen functional groups attached to an aromatic ring is 1. The van der Waals surface area contributed by atoms with Gasteiger partial charge in [0, 0.05) is 25.9 Å². The number of nitrogens with two attached hydrogens (primary N) is 1. The average molecular weight is 400 g/mol. The molecule has 0 radical (unpaired) electrons. The predicted molar refractivity (Wildman–Crippen MR) is 114 cm³/mol. The average Bonchev–Trinajstić information content (AvgIpc) is 3.24. The fourth-order valence-electron chi connectivity index (χ4n) is 3.28. The molecule has 3 heterocycles. The molecule has 0 fully saturated rings. The Morgan fingerprint density at radius 2 is 2.27 bits per heavy atom. The molecular formula is C21H20N8O. The second-order valence-electron chi connectivity index (χ2n) is 6.84. The summed E-state index contributed by atoms with van der Waals surface area (Å²) in [5.74, 6) is 0.0502. The fourth-order valence-corrected chi connectivity index (χ4v) is 3.28. The summed E-state index contributed by atoms with van der Waals surface area (Å²) in [4.78, 5) is 22.9. The van der Waals surface area contributed by atoms with Gasteiger partial charge in [-0.1, -0.05) is 6.08 Å². The molecule has 9 nitrogen and oxygen atoms in total. The molecule has 1 aliphatic heterocycles. The van der Waals surface area contributed by atoms with Gasteiger partial charge in [-0.2, -0.15) is 10.4 Å². The van der Waals surface area contributed by atoms with Crippen LogP contribution in [0, 0.1) is 11.3 Å². The monoisotopic (exact) mass is 400 g/mol. The minimum Gasteiger partial charge on any atom is -0.382 e. The molecule has 30 heavy (non-hydrogen) atoms. The van der Waals surface area contributed by atoms with Gasteiger partial charge in [0.25, 0.3) is 5.91 Å². The summed E-state index contributed by atoms with van der Waals surface area (Å²) in [6.45, 7) is 2.45. The van der Waals surface area contributed by atoms with Crippen LogP contribution >= 0.6 is 0 Å². The maximum absolute atomic E-state index is 12.7. The molecule has 4 rings (SSSR count). The predicted octanol–water partition coefficient (Wildman–Crippen LogP) is 0.217. The molecule has 0 saturated heterocycles. The highest BCUT2D eigenvalue weighted by Gasteiger charge is 2.19. The van der Waals surface area contributed by atoms with E-state index in [4.69, 9.17) is 5.73 Å². The summed E-state index contributed by atoms with van der Waals surface area (Å²) >= 11 is 0. The van der Waals surface area contributed by atoms with Crippen LogP contribution in [0.25, 0.3) is 16.8 Å². The van der Waals surface area contributed by atoms with Crippen molar-refractivity contribution in [3.8, 4) is 6.07 Å². The topological polar surface area (TPSA) is 125 Å². The quantitative estimate of drug-likeness (QED) is 0.743. The smallest absolute Gasteiger partial charge is 0.274 e. The molecule has 1 amide bonds. The van der Waals surface area contributed by atoms with Crippen LogP contribution in [0.15, 0.2) is 47.1 Å². The highest BCUT2D eigenvalue weighted by atomic mass is 16.2. The standard InChI is InChI=1S/C21H20N8O/c1-3-28(2)21(30)16-10-17-20(23)26-18(14-6-4-5-13(9-14)11-22)19(29(17)27-16)15-7-8-24-12-25-15/h4-5,7-10,12H,3,6H2,1-2H3,(H2,23,26)(H,24,25). The SMILES string of the molecule is CCN(C)C(=O)c1cc2c(N)nc(=C3C=C(C#N)C=CC3)c(=C3C=CN=CN3)n2n1. The molecule has 150 valence electrons. The van der Waals surface area contributed by atoms with E-state index < -0.39 is 0 Å². The summed E-state index contributed by atoms with van der Waals surface area (Å²) in [5, 5.41) is 18.2. The van der Waals surface area contributed by atoms with Crippen molar-refractivity contribution in [2.24, 2.45) is 4.99 Å². The van der Waals surface area contributed by atoms with Crippen LogP contribution in [0.3, 0.4) is 0 Å². The van der Waals surface area contributed by atoms with E-state index in [2.05, 4.69) is 26.5 Å². The first-order valence-corrected chi connectivity index (χ1v) is 9.44. The van der Waals surface area contributed by atoms with Crippen LogP contribution in [0.2, 0.25) is 0 Å². The van der Waals surface area contributed by atoms with E-state index in [1.165, 1.54) is 0 Å². The lowest BCUT2D eigenvalue weighted by molar-refractivity contribution is 0.0796. The van der Waals surface area contributed by atoms with Crippen LogP contribution in [0.1, 0.15) is 23.8 Å². The lowest BCUT2D eigenvalue weighted by Crippen LogP contribution is -2.42. The number of carbonyl (C=O) groups excluding carboxylic acids is 1. The van der Waals surface area contributed by atoms with Crippen molar-refractivity contribution in [2.45, 2.75) is 13.3 Å². The first kappa shape index (κ1) is 19.1. The number of amides is 1. The Balaban J connectivity index is 2.12. The maximum atomic E-state index is 12.7. The third-order valence-corrected chi connectivity index (χ3v) is 4.96. The van der Waals surface area contributed by atoms with E-state index in [1.54, 1.807) is 53.3 Å². The number of allylic oxidation sites excluding steroid dienone is 4. The summed E-state index contributed by atoms with van der Waals surface area (Å²) in [6, 6.07) is 3.80. The first-order valence-electron chi connectivity index (χ1n) is 9.44. The molecule has 0 spiro atoms. The summed E-state index contributed by atoms with van der Waals surface area (Å²) < 4.78 is 1.63. The number of hydrogen-bond acceptors (Lipinski definition) is 7. The van der Waals surface area contributed by atoms with Crippen LogP contribution in [-0.2, 0) is 0 Å². The van der Waals surface area contributed by atoms with Crippen molar-refractivity contribution in [2.75, 3.05) is 19.3 Å². The van der Waals surface area contributed by atoms with Crippen molar-refractivity contribution in [1.29, 1.82) is 5.26 Å². The minimum atomic E-state index is -0.202. The normalized spacial score (nSPS) is 18.8. The lowest BCUT2D eigenvalue weighted by atomic mass is 10.0. The van der Waals surface area contributed by atoms with Crippen molar-refractivity contribution >= 4 is 34.9 Å². The number of nitrogens with zero attached hydrogens (tertiary/aromatic N) is 6. The van der Waals surface area contributed by atoms with Gasteiger partial charge in [0.2, 0.25) is 0 Å². The summed E-state index contributed by atoms with van der Waals surface area (Å²) in [6.07, 6.45) is 11.1. The number of fused-ring (bicyclic) bond motifs is 1. The Labute approximate surface area is 172 Å². The molecule has 0 saturated carbocycles. The zero-order valence-electron chi connectivity index (χ0n) is 16.6. The van der Waals surface area contributed by atoms with Gasteiger partial charge < -0.3 is 16.0 Å². The molecule has 2 aliphatic rings. The zero-order chi connectivity index (χ0) is 21.3. The van der Waals surface area contributed by atoms with E-state index in [9.17, 15) is 10.1 Å². The van der Waals surface area contributed by atoms with Crippen molar-refractivity contribution in [1.82, 2.24) is 24.8 Å². The van der Waals surface area contributed by atoms with Crippen LogP contribution in [0.5, 0.6) is 0 Å². The largest absolute Gasteiger partial charge is 0.382 e. The molecule has 0 bridgehead atoms. The van der Waals surface area contributed by atoms with Crippen molar-refractivity contribution < 1.29 is 4.79 Å². The first-order chi connectivity index (χ1) is 14.5. The molecular weight excluding hydrogens is 380 g/mol. The number of carbonyl (C=O) groups is 1. The minimum absolute atomic E-state index is 0.202. The summed E-state index contributed by atoms with van der Waals surface area (Å²) in [5.41, 5.74) is 9.14. The van der Waals surface area contributed by atoms with Gasteiger partial charge in [0.1, 0.15) is 16.7 Å². The van der Waals surface area contributed by atoms with E-state index in [0.717, 1.165) is 5.57 Å². The Kier molecular flexibility index (Phi) is 4.90. The Hall–Kier alpha value is -4.19.